The van der Waals surface area contributed by atoms with Crippen LogP contribution in [0.4, 0.5) is 0 Å². The Hall–Kier alpha value is -7.50. The molecule has 56 heavy (non-hydrogen) atoms. The van der Waals surface area contributed by atoms with Crippen molar-refractivity contribution in [2.45, 2.75) is 6.54 Å². The van der Waals surface area contributed by atoms with Gasteiger partial charge in [-0.15, -0.1) is 0 Å². The standard InChI is InChI=1S/C51H36N4O/c52-50(36-16-5-2-6-17-36)54-51(37-28-26-35(27-29-37)34-14-3-1-4-15-34)53-33-39-18-7-10-23-45(39)55-46-24-11-8-19-41(46)44-32-38(30-31-47(44)55)40-21-13-22-43-42-20-9-12-25-48(42)56-49(40)43/h1-32H,33H2,(H2,52,53,54). The fourth-order valence-electron chi connectivity index (χ4n) is 7.82. The number of nitrogens with two attached hydrogens (primary N) is 1. The highest BCUT2D eigenvalue weighted by Gasteiger charge is 2.18. The van der Waals surface area contributed by atoms with E-state index in [1.807, 2.05) is 48.5 Å². The monoisotopic (exact) mass is 720 g/mol. The van der Waals surface area contributed by atoms with Crippen LogP contribution in [0.2, 0.25) is 0 Å². The minimum absolute atomic E-state index is 0.400. The second-order valence-corrected chi connectivity index (χ2v) is 13.9. The van der Waals surface area contributed by atoms with Crippen LogP contribution in [-0.4, -0.2) is 16.2 Å². The van der Waals surface area contributed by atoms with E-state index in [1.165, 1.54) is 10.8 Å². The Morgan fingerprint density at radius 1 is 0.500 bits per heavy atom. The maximum Gasteiger partial charge on any atom is 0.157 e. The molecule has 5 nitrogen and oxygen atoms in total. The predicted octanol–water partition coefficient (Wildman–Crippen LogP) is 12.4. The molecule has 2 aromatic heterocycles. The number of aromatic nitrogens is 1. The van der Waals surface area contributed by atoms with Crippen molar-refractivity contribution in [3.63, 3.8) is 0 Å². The molecule has 0 aliphatic heterocycles. The zero-order valence-electron chi connectivity index (χ0n) is 30.5. The molecule has 5 heteroatoms. The fourth-order valence-corrected chi connectivity index (χ4v) is 7.82. The molecule has 266 valence electrons. The van der Waals surface area contributed by atoms with Gasteiger partial charge in [-0.25, -0.2) is 4.99 Å². The Balaban J connectivity index is 1.08. The first-order valence-electron chi connectivity index (χ1n) is 18.8. The molecule has 8 aromatic carbocycles. The molecule has 0 radical (unpaired) electrons. The van der Waals surface area contributed by atoms with Gasteiger partial charge < -0.3 is 14.7 Å². The van der Waals surface area contributed by atoms with E-state index < -0.39 is 0 Å². The summed E-state index contributed by atoms with van der Waals surface area (Å²) in [5.74, 6) is 0.994. The molecule has 0 fully saturated rings. The van der Waals surface area contributed by atoms with Gasteiger partial charge in [0.1, 0.15) is 17.0 Å². The first-order chi connectivity index (χ1) is 27.7. The number of aliphatic imine (C=N–C) groups is 2. The van der Waals surface area contributed by atoms with Crippen molar-refractivity contribution in [1.82, 2.24) is 4.57 Å². The van der Waals surface area contributed by atoms with Gasteiger partial charge in [0.15, 0.2) is 5.84 Å². The highest BCUT2D eigenvalue weighted by atomic mass is 16.3. The summed E-state index contributed by atoms with van der Waals surface area (Å²) in [6.45, 7) is 0.400. The number of rotatable bonds is 7. The highest BCUT2D eigenvalue weighted by molar-refractivity contribution is 6.14. The molecule has 0 saturated heterocycles. The maximum atomic E-state index is 6.62. The number of furan rings is 1. The van der Waals surface area contributed by atoms with E-state index in [0.29, 0.717) is 18.2 Å². The summed E-state index contributed by atoms with van der Waals surface area (Å²) in [6.07, 6.45) is 0. The van der Waals surface area contributed by atoms with Crippen molar-refractivity contribution in [3.8, 4) is 27.9 Å². The molecule has 0 spiro atoms. The Labute approximate surface area is 324 Å². The van der Waals surface area contributed by atoms with Crippen LogP contribution in [0.15, 0.2) is 209 Å². The summed E-state index contributed by atoms with van der Waals surface area (Å²) in [4.78, 5) is 10.1. The summed E-state index contributed by atoms with van der Waals surface area (Å²) in [7, 11) is 0. The lowest BCUT2D eigenvalue weighted by Gasteiger charge is -2.13. The first-order valence-corrected chi connectivity index (χ1v) is 18.8. The zero-order valence-corrected chi connectivity index (χ0v) is 30.5. The van der Waals surface area contributed by atoms with Gasteiger partial charge in [-0.3, -0.25) is 4.99 Å². The van der Waals surface area contributed by atoms with Gasteiger partial charge in [-0.2, -0.15) is 0 Å². The van der Waals surface area contributed by atoms with E-state index in [2.05, 4.69) is 150 Å². The van der Waals surface area contributed by atoms with Crippen molar-refractivity contribution in [3.05, 3.63) is 211 Å². The average molecular weight is 721 g/mol. The molecule has 0 amide bonds. The predicted molar refractivity (Wildman–Crippen MR) is 233 cm³/mol. The Morgan fingerprint density at radius 3 is 1.98 bits per heavy atom. The van der Waals surface area contributed by atoms with Crippen molar-refractivity contribution in [2.24, 2.45) is 15.7 Å². The van der Waals surface area contributed by atoms with Crippen LogP contribution in [0.5, 0.6) is 0 Å². The third-order valence-corrected chi connectivity index (χ3v) is 10.6. The second-order valence-electron chi connectivity index (χ2n) is 13.9. The van der Waals surface area contributed by atoms with E-state index in [-0.39, 0.29) is 0 Å². The largest absolute Gasteiger partial charge is 0.455 e. The lowest BCUT2D eigenvalue weighted by Crippen LogP contribution is -2.16. The molecule has 0 saturated carbocycles. The van der Waals surface area contributed by atoms with E-state index in [9.17, 15) is 0 Å². The summed E-state index contributed by atoms with van der Waals surface area (Å²) in [5.41, 5.74) is 19.0. The third-order valence-electron chi connectivity index (χ3n) is 10.6. The van der Waals surface area contributed by atoms with Crippen LogP contribution in [0.1, 0.15) is 16.7 Å². The van der Waals surface area contributed by atoms with Gasteiger partial charge >= 0.3 is 0 Å². The summed E-state index contributed by atoms with van der Waals surface area (Å²) in [5, 5.41) is 4.60. The molecule has 0 atom stereocenters. The third kappa shape index (κ3) is 5.92. The number of fused-ring (bicyclic) bond motifs is 6. The van der Waals surface area contributed by atoms with E-state index in [4.69, 9.17) is 20.1 Å². The summed E-state index contributed by atoms with van der Waals surface area (Å²) < 4.78 is 8.80. The first kappa shape index (κ1) is 33.1. The smallest absolute Gasteiger partial charge is 0.157 e. The zero-order chi connectivity index (χ0) is 37.4. The van der Waals surface area contributed by atoms with Gasteiger partial charge in [0, 0.05) is 38.2 Å². The van der Waals surface area contributed by atoms with Gasteiger partial charge in [-0.1, -0.05) is 164 Å². The molecular weight excluding hydrogens is 685 g/mol. The van der Waals surface area contributed by atoms with E-state index in [1.54, 1.807) is 0 Å². The lowest BCUT2D eigenvalue weighted by atomic mass is 10.0. The Morgan fingerprint density at radius 2 is 1.14 bits per heavy atom. The molecule has 0 bridgehead atoms. The number of benzene rings is 8. The molecule has 2 heterocycles. The molecule has 2 N–H and O–H groups in total. The number of nitrogens with zero attached hydrogens (tertiary/aromatic N) is 3. The Bertz CT molecular complexity index is 3100. The van der Waals surface area contributed by atoms with Crippen molar-refractivity contribution in [1.29, 1.82) is 0 Å². The van der Waals surface area contributed by atoms with E-state index in [0.717, 1.165) is 77.6 Å². The van der Waals surface area contributed by atoms with Gasteiger partial charge in [0.05, 0.1) is 23.3 Å². The van der Waals surface area contributed by atoms with Crippen LogP contribution in [0, 0.1) is 0 Å². The molecular formula is C51H36N4O. The van der Waals surface area contributed by atoms with Gasteiger partial charge in [-0.05, 0) is 52.6 Å². The molecule has 10 aromatic rings. The summed E-state index contributed by atoms with van der Waals surface area (Å²) in [6, 6.07) is 67.1. The SMILES string of the molecule is NC(=NC(=NCc1ccccc1-n1c2ccccc2c2cc(-c3cccc4c3oc3ccccc34)ccc21)c1ccc(-c2ccccc2)cc1)c1ccccc1. The van der Waals surface area contributed by atoms with Crippen LogP contribution in [0.3, 0.4) is 0 Å². The summed E-state index contributed by atoms with van der Waals surface area (Å²) >= 11 is 0. The normalized spacial score (nSPS) is 12.3. The van der Waals surface area contributed by atoms with Crippen molar-refractivity contribution < 1.29 is 4.42 Å². The lowest BCUT2D eigenvalue weighted by molar-refractivity contribution is 0.670. The van der Waals surface area contributed by atoms with Crippen LogP contribution in [-0.2, 0) is 6.54 Å². The molecule has 0 unspecified atom stereocenters. The van der Waals surface area contributed by atoms with Crippen LogP contribution >= 0.6 is 0 Å². The molecule has 0 aliphatic rings. The Kier molecular flexibility index (Phi) is 8.30. The molecule has 0 aliphatic carbocycles. The quantitative estimate of drug-likeness (QED) is 0.132. The average Bonchev–Trinajstić information content (AvgIpc) is 3.81. The second kappa shape index (κ2) is 14.0. The van der Waals surface area contributed by atoms with Gasteiger partial charge in [0.25, 0.3) is 0 Å². The van der Waals surface area contributed by atoms with Gasteiger partial charge in [0.2, 0.25) is 0 Å². The van der Waals surface area contributed by atoms with E-state index >= 15 is 0 Å². The minimum atomic E-state index is 0.400. The fraction of sp³-hybridized carbons (Fsp3) is 0.0196. The van der Waals surface area contributed by atoms with Crippen molar-refractivity contribution >= 4 is 55.4 Å². The number of hydrogen-bond donors (Lipinski definition) is 1. The van der Waals surface area contributed by atoms with Crippen LogP contribution in [0.25, 0.3) is 71.7 Å². The number of para-hydroxylation sites is 4. The van der Waals surface area contributed by atoms with Crippen molar-refractivity contribution in [2.75, 3.05) is 0 Å². The topological polar surface area (TPSA) is 68.8 Å². The minimum Gasteiger partial charge on any atom is -0.455 e. The highest BCUT2D eigenvalue weighted by Crippen LogP contribution is 2.39. The molecule has 10 rings (SSSR count). The maximum absolute atomic E-state index is 6.62. The van der Waals surface area contributed by atoms with Crippen LogP contribution < -0.4 is 5.73 Å². The number of amidine groups is 2. The number of hydrogen-bond acceptors (Lipinski definition) is 2.